The minimum Gasteiger partial charge on any atom is -0.310 e. The number of benzene rings is 7. The van der Waals surface area contributed by atoms with Gasteiger partial charge in [0.05, 0.1) is 5.69 Å². The third-order valence-corrected chi connectivity index (χ3v) is 13.5. The van der Waals surface area contributed by atoms with Crippen molar-refractivity contribution in [3.8, 4) is 33.4 Å². The lowest BCUT2D eigenvalue weighted by Crippen LogP contribution is -2.18. The van der Waals surface area contributed by atoms with Crippen LogP contribution in [0.2, 0.25) is 0 Å². The second kappa shape index (κ2) is 12.8. The third-order valence-electron chi connectivity index (χ3n) is 13.5. The quantitative estimate of drug-likeness (QED) is 0.166. The number of rotatable bonds is 6. The van der Waals surface area contributed by atoms with Crippen LogP contribution in [-0.4, -0.2) is 0 Å². The number of fused-ring (bicyclic) bond motifs is 6. The second-order valence-electron chi connectivity index (χ2n) is 18.2. The van der Waals surface area contributed by atoms with Gasteiger partial charge in [-0.05, 0) is 140 Å². The number of hydrogen-bond acceptors (Lipinski definition) is 1. The number of hydrogen-bond donors (Lipinski definition) is 0. The molecule has 7 aromatic rings. The Balaban J connectivity index is 1.22. The molecule has 2 bridgehead atoms. The lowest BCUT2D eigenvalue weighted by molar-refractivity contribution is 0.420. The Labute approximate surface area is 327 Å². The van der Waals surface area contributed by atoms with Gasteiger partial charge >= 0.3 is 0 Å². The van der Waals surface area contributed by atoms with Crippen LogP contribution in [0.1, 0.15) is 88.5 Å². The van der Waals surface area contributed by atoms with Crippen molar-refractivity contribution >= 4 is 27.8 Å². The molecule has 55 heavy (non-hydrogen) atoms. The Bertz CT molecular complexity index is 2580. The Morgan fingerprint density at radius 2 is 1.25 bits per heavy atom. The van der Waals surface area contributed by atoms with Crippen LogP contribution >= 0.6 is 0 Å². The number of anilines is 3. The molecule has 0 saturated heterocycles. The van der Waals surface area contributed by atoms with Gasteiger partial charge in [-0.25, -0.2) is 0 Å². The summed E-state index contributed by atoms with van der Waals surface area (Å²) in [5.41, 5.74) is 17.0. The molecule has 2 saturated carbocycles. The first-order chi connectivity index (χ1) is 26.6. The molecule has 0 N–H and O–H groups in total. The molecule has 0 radical (unpaired) electrons. The van der Waals surface area contributed by atoms with Crippen molar-refractivity contribution in [2.24, 2.45) is 11.8 Å². The third kappa shape index (κ3) is 5.66. The van der Waals surface area contributed by atoms with Gasteiger partial charge < -0.3 is 4.90 Å². The molecule has 0 amide bonds. The summed E-state index contributed by atoms with van der Waals surface area (Å²) in [6.07, 6.45) is 5.54. The average Bonchev–Trinajstić information content (AvgIpc) is 3.91. The highest BCUT2D eigenvalue weighted by Gasteiger charge is 2.41. The standard InChI is InChI=1S/C54H51N/c1-53(2,3)48-23-12-11-21-44(48)47-32-37-17-9-10-18-38(37)33-51(47)55(41-20-13-19-39(31-41)46-30-35-25-26-40(46)29-35)42-27-28-45-50(34-42)54(4,5)49-24-14-22-43(52(45)49)36-15-7-6-8-16-36/h6-24,27-28,31-35,40,46H,25-26,29-30H2,1-5H3. The molecule has 1 nitrogen and oxygen atoms in total. The fourth-order valence-corrected chi connectivity index (χ4v) is 10.7. The van der Waals surface area contributed by atoms with Gasteiger partial charge in [0.15, 0.2) is 0 Å². The van der Waals surface area contributed by atoms with E-state index < -0.39 is 0 Å². The van der Waals surface area contributed by atoms with E-state index in [1.165, 1.54) is 109 Å². The fourth-order valence-electron chi connectivity index (χ4n) is 10.7. The molecule has 3 unspecified atom stereocenters. The van der Waals surface area contributed by atoms with Gasteiger partial charge in [-0.3, -0.25) is 0 Å². The van der Waals surface area contributed by atoms with Gasteiger partial charge in [0.25, 0.3) is 0 Å². The molecule has 3 atom stereocenters. The Hall–Kier alpha value is -5.40. The predicted octanol–water partition coefficient (Wildman–Crippen LogP) is 15.2. The molecule has 1 heteroatoms. The Morgan fingerprint density at radius 3 is 2.02 bits per heavy atom. The van der Waals surface area contributed by atoms with Crippen molar-refractivity contribution in [2.75, 3.05) is 4.90 Å². The first-order valence-electron chi connectivity index (χ1n) is 20.5. The van der Waals surface area contributed by atoms with Gasteiger partial charge in [0.2, 0.25) is 0 Å². The van der Waals surface area contributed by atoms with Crippen molar-refractivity contribution in [1.82, 2.24) is 0 Å². The lowest BCUT2D eigenvalue weighted by Gasteiger charge is -2.32. The van der Waals surface area contributed by atoms with E-state index in [1.54, 1.807) is 0 Å². The maximum absolute atomic E-state index is 2.59. The Morgan fingerprint density at radius 1 is 0.545 bits per heavy atom. The molecule has 0 spiro atoms. The lowest BCUT2D eigenvalue weighted by atomic mass is 9.80. The average molecular weight is 714 g/mol. The van der Waals surface area contributed by atoms with Crippen LogP contribution in [0.5, 0.6) is 0 Å². The van der Waals surface area contributed by atoms with E-state index in [2.05, 4.69) is 191 Å². The van der Waals surface area contributed by atoms with Crippen LogP contribution < -0.4 is 4.90 Å². The molecule has 0 aromatic heterocycles. The van der Waals surface area contributed by atoms with Gasteiger partial charge in [-0.2, -0.15) is 0 Å². The minimum absolute atomic E-state index is 0.0220. The summed E-state index contributed by atoms with van der Waals surface area (Å²) in [6.45, 7) is 11.8. The van der Waals surface area contributed by atoms with Crippen LogP contribution in [0.15, 0.2) is 152 Å². The van der Waals surface area contributed by atoms with E-state index in [4.69, 9.17) is 0 Å². The first kappa shape index (κ1) is 34.1. The second-order valence-corrected chi connectivity index (χ2v) is 18.2. The van der Waals surface area contributed by atoms with E-state index in [0.717, 1.165) is 11.8 Å². The van der Waals surface area contributed by atoms with E-state index >= 15 is 0 Å². The van der Waals surface area contributed by atoms with Gasteiger partial charge in [-0.1, -0.05) is 156 Å². The van der Waals surface area contributed by atoms with Crippen LogP contribution in [-0.2, 0) is 10.8 Å². The normalized spacial score (nSPS) is 19.4. The van der Waals surface area contributed by atoms with Crippen LogP contribution in [0, 0.1) is 11.8 Å². The first-order valence-corrected chi connectivity index (χ1v) is 20.5. The molecule has 272 valence electrons. The monoisotopic (exact) mass is 713 g/mol. The summed E-state index contributed by atoms with van der Waals surface area (Å²) >= 11 is 0. The summed E-state index contributed by atoms with van der Waals surface area (Å²) in [5.74, 6) is 2.38. The largest absolute Gasteiger partial charge is 0.310 e. The zero-order valence-electron chi connectivity index (χ0n) is 32.9. The fraction of sp³-hybridized carbons (Fsp3) is 0.259. The summed E-state index contributed by atoms with van der Waals surface area (Å²) in [5, 5.41) is 2.52. The summed E-state index contributed by atoms with van der Waals surface area (Å²) in [4.78, 5) is 2.59. The van der Waals surface area contributed by atoms with Gasteiger partial charge in [0.1, 0.15) is 0 Å². The highest BCUT2D eigenvalue weighted by Crippen LogP contribution is 2.56. The molecular formula is C54H51N. The van der Waals surface area contributed by atoms with Crippen molar-refractivity contribution in [1.29, 1.82) is 0 Å². The van der Waals surface area contributed by atoms with Crippen molar-refractivity contribution in [3.63, 3.8) is 0 Å². The van der Waals surface area contributed by atoms with E-state index in [1.807, 2.05) is 0 Å². The van der Waals surface area contributed by atoms with E-state index in [9.17, 15) is 0 Å². The van der Waals surface area contributed by atoms with E-state index in [0.29, 0.717) is 5.92 Å². The molecule has 0 aliphatic heterocycles. The topological polar surface area (TPSA) is 3.24 Å². The smallest absolute Gasteiger partial charge is 0.0546 e. The number of nitrogens with zero attached hydrogens (tertiary/aromatic N) is 1. The van der Waals surface area contributed by atoms with Crippen molar-refractivity contribution in [3.05, 3.63) is 174 Å². The molecular weight excluding hydrogens is 663 g/mol. The zero-order valence-corrected chi connectivity index (χ0v) is 32.9. The van der Waals surface area contributed by atoms with Crippen LogP contribution in [0.25, 0.3) is 44.2 Å². The maximum Gasteiger partial charge on any atom is 0.0546 e. The molecule has 3 aliphatic rings. The minimum atomic E-state index is -0.160. The summed E-state index contributed by atoms with van der Waals surface area (Å²) < 4.78 is 0. The van der Waals surface area contributed by atoms with Gasteiger partial charge in [0, 0.05) is 22.4 Å². The zero-order chi connectivity index (χ0) is 37.5. The molecule has 7 aromatic carbocycles. The molecule has 0 heterocycles. The van der Waals surface area contributed by atoms with Crippen LogP contribution in [0.3, 0.4) is 0 Å². The highest BCUT2D eigenvalue weighted by atomic mass is 15.1. The predicted molar refractivity (Wildman–Crippen MR) is 234 cm³/mol. The van der Waals surface area contributed by atoms with Crippen LogP contribution in [0.4, 0.5) is 17.1 Å². The molecule has 10 rings (SSSR count). The Kier molecular flexibility index (Phi) is 7.97. The molecule has 3 aliphatic carbocycles. The highest BCUT2D eigenvalue weighted by molar-refractivity contribution is 6.00. The SMILES string of the molecule is CC(C)(C)c1ccccc1-c1cc2ccccc2cc1N(c1cccc(C2CC3CCC2C3)c1)c1ccc2c(c1)C(C)(C)c1cccc(-c3ccccc3)c1-2. The van der Waals surface area contributed by atoms with E-state index in [-0.39, 0.29) is 10.8 Å². The summed E-state index contributed by atoms with van der Waals surface area (Å²) in [6, 6.07) is 57.6. The summed E-state index contributed by atoms with van der Waals surface area (Å²) in [7, 11) is 0. The van der Waals surface area contributed by atoms with Gasteiger partial charge in [-0.15, -0.1) is 0 Å². The van der Waals surface area contributed by atoms with Crippen molar-refractivity contribution in [2.45, 2.75) is 77.0 Å². The molecule has 2 fully saturated rings. The van der Waals surface area contributed by atoms with Crippen molar-refractivity contribution < 1.29 is 0 Å². The maximum atomic E-state index is 2.59.